The molecule has 2 aromatic carbocycles. The van der Waals surface area contributed by atoms with Crippen molar-refractivity contribution in [1.82, 2.24) is 0 Å². The predicted octanol–water partition coefficient (Wildman–Crippen LogP) is 4.45. The minimum absolute atomic E-state index is 0.134. The van der Waals surface area contributed by atoms with Gasteiger partial charge < -0.3 is 9.73 Å². The van der Waals surface area contributed by atoms with Gasteiger partial charge in [0.05, 0.1) is 17.7 Å². The number of carbonyl (C=O) groups is 2. The molecule has 27 heavy (non-hydrogen) atoms. The van der Waals surface area contributed by atoms with Crippen LogP contribution in [-0.4, -0.2) is 17.6 Å². The fraction of sp³-hybridized carbons (Fsp3) is 0.100. The summed E-state index contributed by atoms with van der Waals surface area (Å²) in [7, 11) is 0. The van der Waals surface area contributed by atoms with Crippen molar-refractivity contribution in [2.75, 3.05) is 16.0 Å². The molecule has 1 saturated heterocycles. The first-order valence-corrected chi connectivity index (χ1v) is 9.31. The van der Waals surface area contributed by atoms with Gasteiger partial charge in [-0.25, -0.2) is 4.39 Å². The van der Waals surface area contributed by atoms with Crippen LogP contribution in [0, 0.1) is 5.82 Å². The molecule has 3 aromatic rings. The molecular formula is C20H15FN2O3S. The van der Waals surface area contributed by atoms with Crippen molar-refractivity contribution in [3.05, 3.63) is 84.1 Å². The maximum Gasteiger partial charge on any atom is 0.291 e. The number of amides is 2. The predicted molar refractivity (Wildman–Crippen MR) is 102 cm³/mol. The van der Waals surface area contributed by atoms with Crippen LogP contribution < -0.4 is 10.2 Å². The van der Waals surface area contributed by atoms with E-state index in [0.717, 1.165) is 5.56 Å². The second kappa shape index (κ2) is 7.28. The number of benzene rings is 2. The first-order chi connectivity index (χ1) is 13.1. The lowest BCUT2D eigenvalue weighted by Crippen LogP contribution is -2.28. The molecule has 5 nitrogen and oxygen atoms in total. The highest BCUT2D eigenvalue weighted by Gasteiger charge is 2.35. The highest BCUT2D eigenvalue weighted by Crippen LogP contribution is 2.42. The van der Waals surface area contributed by atoms with Gasteiger partial charge in [-0.1, -0.05) is 24.3 Å². The van der Waals surface area contributed by atoms with Gasteiger partial charge in [-0.2, -0.15) is 0 Å². The Hall–Kier alpha value is -3.06. The minimum atomic E-state index is -0.430. The molecule has 4 rings (SSSR count). The Balaban J connectivity index is 1.55. The van der Waals surface area contributed by atoms with E-state index in [0.29, 0.717) is 5.69 Å². The summed E-state index contributed by atoms with van der Waals surface area (Å²) < 4.78 is 19.2. The Morgan fingerprint density at radius 1 is 1.11 bits per heavy atom. The van der Waals surface area contributed by atoms with E-state index < -0.39 is 5.82 Å². The van der Waals surface area contributed by atoms with Gasteiger partial charge in [-0.3, -0.25) is 14.5 Å². The third-order valence-corrected chi connectivity index (χ3v) is 5.39. The number of rotatable bonds is 4. The number of nitrogens with zero attached hydrogens (tertiary/aromatic N) is 1. The van der Waals surface area contributed by atoms with E-state index in [2.05, 4.69) is 5.32 Å². The zero-order chi connectivity index (χ0) is 18.8. The van der Waals surface area contributed by atoms with E-state index in [1.807, 2.05) is 12.1 Å². The molecule has 1 fully saturated rings. The summed E-state index contributed by atoms with van der Waals surface area (Å²) in [6.45, 7) is 0. The standard InChI is InChI=1S/C20H15FN2O3S/c21-15-4-1-2-5-16(15)23-18(24)12-27-20(23)13-7-9-14(10-8-13)22-19(25)17-6-3-11-26-17/h1-11,20H,12H2,(H,22,25). The van der Waals surface area contributed by atoms with Crippen LogP contribution >= 0.6 is 11.8 Å². The van der Waals surface area contributed by atoms with Crippen molar-refractivity contribution in [2.45, 2.75) is 5.37 Å². The first kappa shape index (κ1) is 17.4. The number of hydrogen-bond donors (Lipinski definition) is 1. The van der Waals surface area contributed by atoms with Gasteiger partial charge in [-0.15, -0.1) is 11.8 Å². The van der Waals surface area contributed by atoms with Gasteiger partial charge >= 0.3 is 0 Å². The van der Waals surface area contributed by atoms with Crippen molar-refractivity contribution in [3.8, 4) is 0 Å². The highest BCUT2D eigenvalue weighted by atomic mass is 32.2. The number of para-hydroxylation sites is 1. The van der Waals surface area contributed by atoms with Crippen LogP contribution in [0.25, 0.3) is 0 Å². The van der Waals surface area contributed by atoms with Gasteiger partial charge in [0.1, 0.15) is 11.2 Å². The van der Waals surface area contributed by atoms with Crippen molar-refractivity contribution >= 4 is 35.0 Å². The van der Waals surface area contributed by atoms with Gasteiger partial charge in [0.2, 0.25) is 5.91 Å². The molecule has 1 aliphatic heterocycles. The topological polar surface area (TPSA) is 62.6 Å². The summed E-state index contributed by atoms with van der Waals surface area (Å²) >= 11 is 1.44. The molecule has 1 aromatic heterocycles. The average molecular weight is 382 g/mol. The molecule has 0 aliphatic carbocycles. The summed E-state index contributed by atoms with van der Waals surface area (Å²) in [4.78, 5) is 25.8. The average Bonchev–Trinajstić information content (AvgIpc) is 3.33. The quantitative estimate of drug-likeness (QED) is 0.724. The highest BCUT2D eigenvalue weighted by molar-refractivity contribution is 8.00. The molecule has 1 aliphatic rings. The van der Waals surface area contributed by atoms with Gasteiger partial charge in [-0.05, 0) is 42.0 Å². The van der Waals surface area contributed by atoms with E-state index in [1.54, 1.807) is 42.5 Å². The number of nitrogens with one attached hydrogen (secondary N) is 1. The van der Waals surface area contributed by atoms with Crippen molar-refractivity contribution in [3.63, 3.8) is 0 Å². The Labute approximate surface area is 159 Å². The Morgan fingerprint density at radius 3 is 2.59 bits per heavy atom. The summed E-state index contributed by atoms with van der Waals surface area (Å²) in [5.74, 6) is -0.394. The summed E-state index contributed by atoms with van der Waals surface area (Å²) in [6, 6.07) is 16.6. The molecular weight excluding hydrogens is 367 g/mol. The normalized spacial score (nSPS) is 16.6. The molecule has 1 atom stereocenters. The largest absolute Gasteiger partial charge is 0.459 e. The monoisotopic (exact) mass is 382 g/mol. The van der Waals surface area contributed by atoms with Crippen LogP contribution in [0.2, 0.25) is 0 Å². The van der Waals surface area contributed by atoms with E-state index in [1.165, 1.54) is 29.0 Å². The van der Waals surface area contributed by atoms with E-state index >= 15 is 0 Å². The zero-order valence-electron chi connectivity index (χ0n) is 14.1. The molecule has 0 bridgehead atoms. The number of halogens is 1. The summed E-state index contributed by atoms with van der Waals surface area (Å²) in [5, 5.41) is 2.43. The molecule has 7 heteroatoms. The van der Waals surface area contributed by atoms with Crippen LogP contribution in [0.5, 0.6) is 0 Å². The molecule has 2 heterocycles. The fourth-order valence-electron chi connectivity index (χ4n) is 2.91. The molecule has 0 spiro atoms. The van der Waals surface area contributed by atoms with Crippen molar-refractivity contribution in [2.24, 2.45) is 0 Å². The van der Waals surface area contributed by atoms with Crippen LogP contribution in [0.4, 0.5) is 15.8 Å². The number of anilines is 2. The maximum atomic E-state index is 14.2. The number of carbonyl (C=O) groups excluding carboxylic acids is 2. The smallest absolute Gasteiger partial charge is 0.291 e. The van der Waals surface area contributed by atoms with E-state index in [-0.39, 0.29) is 34.4 Å². The number of hydrogen-bond acceptors (Lipinski definition) is 4. The molecule has 1 N–H and O–H groups in total. The Bertz CT molecular complexity index is 973. The van der Waals surface area contributed by atoms with E-state index in [4.69, 9.17) is 4.42 Å². The molecule has 1 unspecified atom stereocenters. The Morgan fingerprint density at radius 2 is 1.89 bits per heavy atom. The lowest BCUT2D eigenvalue weighted by atomic mass is 10.1. The fourth-order valence-corrected chi connectivity index (χ4v) is 4.08. The number of furan rings is 1. The van der Waals surface area contributed by atoms with Crippen molar-refractivity contribution < 1.29 is 18.4 Å². The minimum Gasteiger partial charge on any atom is -0.459 e. The first-order valence-electron chi connectivity index (χ1n) is 8.26. The second-order valence-electron chi connectivity index (χ2n) is 5.93. The lowest BCUT2D eigenvalue weighted by molar-refractivity contribution is -0.115. The van der Waals surface area contributed by atoms with Gasteiger partial charge in [0, 0.05) is 5.69 Å². The van der Waals surface area contributed by atoms with Crippen LogP contribution in [0.3, 0.4) is 0 Å². The summed E-state index contributed by atoms with van der Waals surface area (Å²) in [5.41, 5.74) is 1.73. The van der Waals surface area contributed by atoms with Crippen LogP contribution in [0.15, 0.2) is 71.3 Å². The molecule has 2 amide bonds. The lowest BCUT2D eigenvalue weighted by Gasteiger charge is -2.24. The van der Waals surface area contributed by atoms with Gasteiger partial charge in [0.15, 0.2) is 5.76 Å². The third kappa shape index (κ3) is 3.46. The Kier molecular flexibility index (Phi) is 4.68. The second-order valence-corrected chi connectivity index (χ2v) is 7.00. The van der Waals surface area contributed by atoms with Crippen LogP contribution in [-0.2, 0) is 4.79 Å². The summed E-state index contributed by atoms with van der Waals surface area (Å²) in [6.07, 6.45) is 1.43. The molecule has 0 radical (unpaired) electrons. The van der Waals surface area contributed by atoms with Crippen LogP contribution in [0.1, 0.15) is 21.5 Å². The number of thioether (sulfide) groups is 1. The molecule has 0 saturated carbocycles. The maximum absolute atomic E-state index is 14.2. The van der Waals surface area contributed by atoms with E-state index in [9.17, 15) is 14.0 Å². The zero-order valence-corrected chi connectivity index (χ0v) is 14.9. The SMILES string of the molecule is O=C(Nc1ccc(C2SCC(=O)N2c2ccccc2F)cc1)c1ccco1. The van der Waals surface area contributed by atoms with Crippen molar-refractivity contribution in [1.29, 1.82) is 0 Å². The third-order valence-electron chi connectivity index (χ3n) is 4.18. The molecule has 136 valence electrons. The van der Waals surface area contributed by atoms with Gasteiger partial charge in [0.25, 0.3) is 5.91 Å².